The number of aromatic nitrogens is 2. The van der Waals surface area contributed by atoms with Gasteiger partial charge < -0.3 is 10.6 Å². The lowest BCUT2D eigenvalue weighted by atomic mass is 9.98. The molecule has 2 heterocycles. The molecule has 29 heavy (non-hydrogen) atoms. The largest absolute Gasteiger partial charge is 0.348 e. The lowest BCUT2D eigenvalue weighted by molar-refractivity contribution is 0.0950. The van der Waals surface area contributed by atoms with Gasteiger partial charge in [-0.15, -0.1) is 0 Å². The Hall–Kier alpha value is -3.54. The zero-order chi connectivity index (χ0) is 20.8. The number of carbonyl (C=O) groups is 2. The fourth-order valence-corrected chi connectivity index (χ4v) is 3.00. The number of hydrogen-bond acceptors (Lipinski definition) is 4. The van der Waals surface area contributed by atoms with Gasteiger partial charge in [0.2, 0.25) is 0 Å². The zero-order valence-corrected chi connectivity index (χ0v) is 16.8. The Labute approximate surface area is 170 Å². The van der Waals surface area contributed by atoms with Crippen LogP contribution in [-0.2, 0) is 6.54 Å². The molecule has 0 atom stereocenters. The zero-order valence-electron chi connectivity index (χ0n) is 16.8. The number of aryl methyl sites for hydroxylation is 1. The first-order chi connectivity index (χ1) is 14.0. The molecule has 0 unspecified atom stereocenters. The highest BCUT2D eigenvalue weighted by Gasteiger charge is 2.15. The Kier molecular flexibility index (Phi) is 6.34. The summed E-state index contributed by atoms with van der Waals surface area (Å²) in [6.45, 7) is 6.48. The van der Waals surface area contributed by atoms with E-state index < -0.39 is 0 Å². The summed E-state index contributed by atoms with van der Waals surface area (Å²) < 4.78 is 0. The Balaban J connectivity index is 1.74. The van der Waals surface area contributed by atoms with Gasteiger partial charge in [-0.25, -0.2) is 0 Å². The fraction of sp³-hybridized carbons (Fsp3) is 0.217. The van der Waals surface area contributed by atoms with Gasteiger partial charge in [-0.2, -0.15) is 0 Å². The summed E-state index contributed by atoms with van der Waals surface area (Å²) in [4.78, 5) is 33.3. The second-order valence-corrected chi connectivity index (χ2v) is 7.15. The van der Waals surface area contributed by atoms with Crippen LogP contribution in [0.2, 0.25) is 0 Å². The van der Waals surface area contributed by atoms with Gasteiger partial charge in [-0.1, -0.05) is 38.1 Å². The minimum atomic E-state index is -0.297. The van der Waals surface area contributed by atoms with E-state index in [1.54, 1.807) is 18.5 Å². The number of hydrogen-bond donors (Lipinski definition) is 2. The molecule has 0 aliphatic rings. The van der Waals surface area contributed by atoms with Crippen molar-refractivity contribution in [3.8, 4) is 0 Å². The van der Waals surface area contributed by atoms with Gasteiger partial charge >= 0.3 is 0 Å². The van der Waals surface area contributed by atoms with Crippen molar-refractivity contribution in [1.82, 2.24) is 15.3 Å². The molecule has 0 bridgehead atoms. The van der Waals surface area contributed by atoms with Gasteiger partial charge in [0, 0.05) is 37.0 Å². The molecule has 1 aromatic carbocycles. The molecule has 3 aromatic rings. The summed E-state index contributed by atoms with van der Waals surface area (Å²) in [5.74, 6) is -0.321. The van der Waals surface area contributed by atoms with Gasteiger partial charge in [0.1, 0.15) is 0 Å². The number of para-hydroxylation sites is 1. The van der Waals surface area contributed by atoms with Crippen molar-refractivity contribution in [3.63, 3.8) is 0 Å². The van der Waals surface area contributed by atoms with Crippen molar-refractivity contribution >= 4 is 17.5 Å². The summed E-state index contributed by atoms with van der Waals surface area (Å²) in [5, 5.41) is 5.80. The van der Waals surface area contributed by atoms with E-state index in [9.17, 15) is 9.59 Å². The molecule has 6 heteroatoms. The molecule has 2 amide bonds. The summed E-state index contributed by atoms with van der Waals surface area (Å²) in [7, 11) is 0. The van der Waals surface area contributed by atoms with E-state index in [4.69, 9.17) is 0 Å². The molecule has 0 spiro atoms. The van der Waals surface area contributed by atoms with Crippen molar-refractivity contribution in [2.75, 3.05) is 5.32 Å². The molecular formula is C23H24N4O2. The third kappa shape index (κ3) is 5.04. The fourth-order valence-electron chi connectivity index (χ4n) is 3.00. The number of anilines is 1. The summed E-state index contributed by atoms with van der Waals surface area (Å²) >= 11 is 0. The van der Waals surface area contributed by atoms with Crippen LogP contribution in [0, 0.1) is 6.92 Å². The van der Waals surface area contributed by atoms with Gasteiger partial charge in [0.15, 0.2) is 0 Å². The standard InChI is InChI=1S/C23H24N4O2/c1-15(2)20-8-4-6-16(3)21(20)27-23(29)19-10-18(13-25-14-19)22(28)26-12-17-7-5-9-24-11-17/h4-11,13-15H,12H2,1-3H3,(H,26,28)(H,27,29). The maximum Gasteiger partial charge on any atom is 0.257 e. The van der Waals surface area contributed by atoms with Crippen LogP contribution in [0.3, 0.4) is 0 Å². The lowest BCUT2D eigenvalue weighted by Crippen LogP contribution is -2.24. The number of nitrogens with one attached hydrogen (secondary N) is 2. The molecule has 2 aromatic heterocycles. The monoisotopic (exact) mass is 388 g/mol. The summed E-state index contributed by atoms with van der Waals surface area (Å²) in [5.41, 5.74) is 4.41. The lowest BCUT2D eigenvalue weighted by Gasteiger charge is -2.16. The van der Waals surface area contributed by atoms with E-state index in [0.717, 1.165) is 22.4 Å². The summed E-state index contributed by atoms with van der Waals surface area (Å²) in [6, 6.07) is 11.2. The maximum absolute atomic E-state index is 12.8. The molecule has 0 fully saturated rings. The van der Waals surface area contributed by atoms with Crippen LogP contribution in [0.1, 0.15) is 57.2 Å². The number of carbonyl (C=O) groups excluding carboxylic acids is 2. The molecule has 3 rings (SSSR count). The molecular weight excluding hydrogens is 364 g/mol. The van der Waals surface area contributed by atoms with Crippen LogP contribution in [0.5, 0.6) is 0 Å². The van der Waals surface area contributed by atoms with Crippen LogP contribution in [0.25, 0.3) is 0 Å². The normalized spacial score (nSPS) is 10.6. The van der Waals surface area contributed by atoms with E-state index in [0.29, 0.717) is 17.7 Å². The van der Waals surface area contributed by atoms with Crippen molar-refractivity contribution in [3.05, 3.63) is 89.0 Å². The molecule has 6 nitrogen and oxygen atoms in total. The molecule has 2 N–H and O–H groups in total. The SMILES string of the molecule is Cc1cccc(C(C)C)c1NC(=O)c1cncc(C(=O)NCc2cccnc2)c1. The second-order valence-electron chi connectivity index (χ2n) is 7.15. The van der Waals surface area contributed by atoms with Crippen molar-refractivity contribution in [2.45, 2.75) is 33.2 Å². The molecule has 0 saturated carbocycles. The number of pyridine rings is 2. The highest BCUT2D eigenvalue weighted by atomic mass is 16.2. The van der Waals surface area contributed by atoms with Crippen LogP contribution in [0.4, 0.5) is 5.69 Å². The van der Waals surface area contributed by atoms with Gasteiger partial charge in [0.25, 0.3) is 11.8 Å². The maximum atomic E-state index is 12.8. The van der Waals surface area contributed by atoms with E-state index in [-0.39, 0.29) is 17.7 Å². The molecule has 0 aliphatic carbocycles. The average molecular weight is 388 g/mol. The first-order valence-electron chi connectivity index (χ1n) is 9.48. The van der Waals surface area contributed by atoms with E-state index in [1.165, 1.54) is 12.4 Å². The Morgan fingerprint density at radius 3 is 2.41 bits per heavy atom. The highest BCUT2D eigenvalue weighted by molar-refractivity contribution is 6.06. The van der Waals surface area contributed by atoms with Crippen LogP contribution in [-0.4, -0.2) is 21.8 Å². The van der Waals surface area contributed by atoms with Gasteiger partial charge in [-0.05, 0) is 41.7 Å². The smallest absolute Gasteiger partial charge is 0.257 e. The van der Waals surface area contributed by atoms with Gasteiger partial charge in [-0.3, -0.25) is 19.6 Å². The van der Waals surface area contributed by atoms with E-state index in [2.05, 4.69) is 34.4 Å². The van der Waals surface area contributed by atoms with Crippen LogP contribution < -0.4 is 10.6 Å². The number of rotatable bonds is 6. The first kappa shape index (κ1) is 20.2. The van der Waals surface area contributed by atoms with E-state index in [1.807, 2.05) is 37.3 Å². The first-order valence-corrected chi connectivity index (χ1v) is 9.48. The predicted octanol–water partition coefficient (Wildman–Crippen LogP) is 4.09. The second kappa shape index (κ2) is 9.10. The third-order valence-electron chi connectivity index (χ3n) is 4.60. The predicted molar refractivity (Wildman–Crippen MR) is 113 cm³/mol. The number of amides is 2. The summed E-state index contributed by atoms with van der Waals surface area (Å²) in [6.07, 6.45) is 6.27. The minimum Gasteiger partial charge on any atom is -0.348 e. The minimum absolute atomic E-state index is 0.271. The Morgan fingerprint density at radius 2 is 1.72 bits per heavy atom. The molecule has 0 radical (unpaired) electrons. The third-order valence-corrected chi connectivity index (χ3v) is 4.60. The van der Waals surface area contributed by atoms with Crippen molar-refractivity contribution in [1.29, 1.82) is 0 Å². The Morgan fingerprint density at radius 1 is 0.966 bits per heavy atom. The molecule has 0 aliphatic heterocycles. The van der Waals surface area contributed by atoms with Crippen LogP contribution in [0.15, 0.2) is 61.2 Å². The average Bonchev–Trinajstić information content (AvgIpc) is 2.74. The van der Waals surface area contributed by atoms with E-state index >= 15 is 0 Å². The van der Waals surface area contributed by atoms with Crippen LogP contribution >= 0.6 is 0 Å². The Bertz CT molecular complexity index is 1020. The topological polar surface area (TPSA) is 84.0 Å². The molecule has 0 saturated heterocycles. The number of benzene rings is 1. The highest BCUT2D eigenvalue weighted by Crippen LogP contribution is 2.27. The number of nitrogens with zero attached hydrogens (tertiary/aromatic N) is 2. The van der Waals surface area contributed by atoms with Crippen molar-refractivity contribution < 1.29 is 9.59 Å². The quantitative estimate of drug-likeness (QED) is 0.666. The van der Waals surface area contributed by atoms with Crippen molar-refractivity contribution in [2.24, 2.45) is 0 Å². The molecule has 148 valence electrons. The van der Waals surface area contributed by atoms with Gasteiger partial charge in [0.05, 0.1) is 11.1 Å².